The SMILES string of the molecule is COC(=O)CCSc1nc2ccccn2c1CNC1CC1. The first-order valence-corrected chi connectivity index (χ1v) is 8.15. The third kappa shape index (κ3) is 3.57. The first kappa shape index (κ1) is 14.4. The maximum absolute atomic E-state index is 11.2. The number of imidazole rings is 1. The van der Waals surface area contributed by atoms with Gasteiger partial charge < -0.3 is 14.5 Å². The van der Waals surface area contributed by atoms with Gasteiger partial charge in [0.25, 0.3) is 0 Å². The van der Waals surface area contributed by atoms with Crippen LogP contribution in [0.5, 0.6) is 0 Å². The molecule has 1 saturated carbocycles. The van der Waals surface area contributed by atoms with Crippen LogP contribution in [-0.4, -0.2) is 34.3 Å². The summed E-state index contributed by atoms with van der Waals surface area (Å²) in [6, 6.07) is 6.67. The zero-order valence-corrected chi connectivity index (χ0v) is 12.9. The molecule has 21 heavy (non-hydrogen) atoms. The van der Waals surface area contributed by atoms with Crippen molar-refractivity contribution < 1.29 is 9.53 Å². The number of aromatic nitrogens is 2. The Labute approximate surface area is 128 Å². The van der Waals surface area contributed by atoms with Crippen LogP contribution in [0.2, 0.25) is 0 Å². The molecule has 0 radical (unpaired) electrons. The molecular weight excluding hydrogens is 286 g/mol. The summed E-state index contributed by atoms with van der Waals surface area (Å²) < 4.78 is 6.80. The second-order valence-corrected chi connectivity index (χ2v) is 6.21. The summed E-state index contributed by atoms with van der Waals surface area (Å²) in [6.45, 7) is 0.816. The van der Waals surface area contributed by atoms with E-state index in [0.29, 0.717) is 18.2 Å². The van der Waals surface area contributed by atoms with Crippen LogP contribution >= 0.6 is 11.8 Å². The summed E-state index contributed by atoms with van der Waals surface area (Å²) in [5.74, 6) is 0.511. The average molecular weight is 305 g/mol. The van der Waals surface area contributed by atoms with Crippen molar-refractivity contribution in [3.05, 3.63) is 30.1 Å². The lowest BCUT2D eigenvalue weighted by Crippen LogP contribution is -2.17. The second kappa shape index (κ2) is 6.49. The molecule has 2 aromatic rings. The van der Waals surface area contributed by atoms with E-state index in [0.717, 1.165) is 17.2 Å². The van der Waals surface area contributed by atoms with Gasteiger partial charge in [0.1, 0.15) is 10.7 Å². The van der Waals surface area contributed by atoms with Gasteiger partial charge in [-0.1, -0.05) is 6.07 Å². The zero-order valence-electron chi connectivity index (χ0n) is 12.0. The lowest BCUT2D eigenvalue weighted by Gasteiger charge is -2.06. The minimum Gasteiger partial charge on any atom is -0.469 e. The molecule has 0 unspecified atom stereocenters. The number of hydrogen-bond donors (Lipinski definition) is 1. The predicted octanol–water partition coefficient (Wildman–Crippen LogP) is 2.24. The fourth-order valence-corrected chi connectivity index (χ4v) is 3.12. The average Bonchev–Trinajstić information content (AvgIpc) is 3.26. The highest BCUT2D eigenvalue weighted by atomic mass is 32.2. The third-order valence-corrected chi connectivity index (χ3v) is 4.51. The minimum atomic E-state index is -0.177. The van der Waals surface area contributed by atoms with Crippen molar-refractivity contribution in [3.63, 3.8) is 0 Å². The van der Waals surface area contributed by atoms with Gasteiger partial charge in [0.05, 0.1) is 19.2 Å². The van der Waals surface area contributed by atoms with Gasteiger partial charge >= 0.3 is 5.97 Å². The normalized spacial score (nSPS) is 14.5. The number of nitrogens with zero attached hydrogens (tertiary/aromatic N) is 2. The first-order valence-electron chi connectivity index (χ1n) is 7.17. The van der Waals surface area contributed by atoms with Crippen LogP contribution in [0.25, 0.3) is 5.65 Å². The highest BCUT2D eigenvalue weighted by molar-refractivity contribution is 7.99. The molecule has 0 atom stereocenters. The van der Waals surface area contributed by atoms with Crippen LogP contribution in [0, 0.1) is 0 Å². The summed E-state index contributed by atoms with van der Waals surface area (Å²) in [5.41, 5.74) is 2.12. The Morgan fingerprint density at radius 3 is 3.14 bits per heavy atom. The van der Waals surface area contributed by atoms with E-state index < -0.39 is 0 Å². The van der Waals surface area contributed by atoms with Gasteiger partial charge in [-0.15, -0.1) is 11.8 Å². The number of nitrogens with one attached hydrogen (secondary N) is 1. The highest BCUT2D eigenvalue weighted by Gasteiger charge is 2.22. The Hall–Kier alpha value is -1.53. The smallest absolute Gasteiger partial charge is 0.306 e. The zero-order chi connectivity index (χ0) is 14.7. The van der Waals surface area contributed by atoms with Gasteiger partial charge in [0.2, 0.25) is 0 Å². The standard InChI is InChI=1S/C15H19N3O2S/c1-20-14(19)7-9-21-15-12(10-16-11-5-6-11)18-8-3-2-4-13(18)17-15/h2-4,8,11,16H,5-7,9-10H2,1H3. The van der Waals surface area contributed by atoms with Crippen molar-refractivity contribution in [2.75, 3.05) is 12.9 Å². The number of methoxy groups -OCH3 is 1. The van der Waals surface area contributed by atoms with Gasteiger partial charge in [0.15, 0.2) is 0 Å². The number of hydrogen-bond acceptors (Lipinski definition) is 5. The quantitative estimate of drug-likeness (QED) is 0.628. The summed E-state index contributed by atoms with van der Waals surface area (Å²) in [7, 11) is 1.42. The number of pyridine rings is 1. The molecule has 0 aliphatic heterocycles. The lowest BCUT2D eigenvalue weighted by atomic mass is 10.4. The van der Waals surface area contributed by atoms with Crippen LogP contribution in [-0.2, 0) is 16.1 Å². The van der Waals surface area contributed by atoms with Crippen molar-refractivity contribution in [2.24, 2.45) is 0 Å². The van der Waals surface area contributed by atoms with Crippen LogP contribution in [0.4, 0.5) is 0 Å². The molecule has 1 N–H and O–H groups in total. The third-order valence-electron chi connectivity index (χ3n) is 3.50. The van der Waals surface area contributed by atoms with Crippen LogP contribution in [0.3, 0.4) is 0 Å². The van der Waals surface area contributed by atoms with Crippen molar-refractivity contribution in [2.45, 2.75) is 36.9 Å². The molecule has 0 saturated heterocycles. The van der Waals surface area contributed by atoms with E-state index >= 15 is 0 Å². The number of carbonyl (C=O) groups is 1. The largest absolute Gasteiger partial charge is 0.469 e. The number of fused-ring (bicyclic) bond motifs is 1. The Kier molecular flexibility index (Phi) is 4.45. The Balaban J connectivity index is 1.74. The number of rotatable bonds is 7. The van der Waals surface area contributed by atoms with Crippen LogP contribution in [0.1, 0.15) is 25.0 Å². The second-order valence-electron chi connectivity index (χ2n) is 5.12. The maximum atomic E-state index is 11.2. The van der Waals surface area contributed by atoms with E-state index in [9.17, 15) is 4.79 Å². The number of ether oxygens (including phenoxy) is 1. The van der Waals surface area contributed by atoms with Crippen LogP contribution in [0.15, 0.2) is 29.4 Å². The molecule has 1 aliphatic rings. The van der Waals surface area contributed by atoms with Gasteiger partial charge in [-0.2, -0.15) is 0 Å². The fourth-order valence-electron chi connectivity index (χ4n) is 2.16. The monoisotopic (exact) mass is 305 g/mol. The van der Waals surface area contributed by atoms with E-state index in [4.69, 9.17) is 0 Å². The van der Waals surface area contributed by atoms with Gasteiger partial charge in [-0.3, -0.25) is 4.79 Å². The van der Waals surface area contributed by atoms with E-state index in [1.807, 2.05) is 24.4 Å². The molecule has 0 aromatic carbocycles. The Morgan fingerprint density at radius 2 is 2.38 bits per heavy atom. The molecule has 5 nitrogen and oxygen atoms in total. The number of thioether (sulfide) groups is 1. The molecular formula is C15H19N3O2S. The molecule has 0 spiro atoms. The van der Waals surface area contributed by atoms with Crippen molar-refractivity contribution in [3.8, 4) is 0 Å². The maximum Gasteiger partial charge on any atom is 0.306 e. The molecule has 3 rings (SSSR count). The minimum absolute atomic E-state index is 0.177. The fraction of sp³-hybridized carbons (Fsp3) is 0.467. The van der Waals surface area contributed by atoms with Crippen molar-refractivity contribution in [1.29, 1.82) is 0 Å². The summed E-state index contributed by atoms with van der Waals surface area (Å²) in [6.07, 6.45) is 4.98. The van der Waals surface area contributed by atoms with Crippen molar-refractivity contribution >= 4 is 23.4 Å². The summed E-state index contributed by atoms with van der Waals surface area (Å²) >= 11 is 1.62. The van der Waals surface area contributed by atoms with E-state index in [2.05, 4.69) is 19.4 Å². The van der Waals surface area contributed by atoms with Crippen LogP contribution < -0.4 is 5.32 Å². The van der Waals surface area contributed by atoms with Gasteiger partial charge in [-0.05, 0) is 25.0 Å². The van der Waals surface area contributed by atoms with E-state index in [1.165, 1.54) is 25.6 Å². The van der Waals surface area contributed by atoms with Gasteiger partial charge in [0, 0.05) is 24.5 Å². The van der Waals surface area contributed by atoms with E-state index in [-0.39, 0.29) is 5.97 Å². The Bertz CT molecular complexity index is 637. The molecule has 1 fully saturated rings. The highest BCUT2D eigenvalue weighted by Crippen LogP contribution is 2.26. The van der Waals surface area contributed by atoms with Gasteiger partial charge in [-0.25, -0.2) is 4.98 Å². The summed E-state index contributed by atoms with van der Waals surface area (Å²) in [5, 5.41) is 4.53. The van der Waals surface area contributed by atoms with Crippen molar-refractivity contribution in [1.82, 2.24) is 14.7 Å². The van der Waals surface area contributed by atoms with E-state index in [1.54, 1.807) is 11.8 Å². The molecule has 2 aromatic heterocycles. The molecule has 0 bridgehead atoms. The Morgan fingerprint density at radius 1 is 1.52 bits per heavy atom. The predicted molar refractivity (Wildman–Crippen MR) is 82.4 cm³/mol. The molecule has 0 amide bonds. The molecule has 112 valence electrons. The molecule has 6 heteroatoms. The number of esters is 1. The molecule has 1 aliphatic carbocycles. The first-order chi connectivity index (χ1) is 10.3. The number of carbonyl (C=O) groups excluding carboxylic acids is 1. The topological polar surface area (TPSA) is 55.6 Å². The molecule has 2 heterocycles. The summed E-state index contributed by atoms with van der Waals surface area (Å²) in [4.78, 5) is 15.9. The lowest BCUT2D eigenvalue weighted by molar-refractivity contribution is -0.140.